The number of amides is 2. The number of nitrogens with one attached hydrogen (secondary N) is 2. The molecule has 5 rings (SSSR count). The zero-order valence-corrected chi connectivity index (χ0v) is 30.9. The first-order valence-electron chi connectivity index (χ1n) is 16.7. The second-order valence-corrected chi connectivity index (χ2v) is 16.4. The first-order valence-corrected chi connectivity index (χ1v) is 19.3. The summed E-state index contributed by atoms with van der Waals surface area (Å²) in [7, 11) is -3.60. The number of ether oxygens (including phenoxy) is 2. The van der Waals surface area contributed by atoms with Crippen LogP contribution >= 0.6 is 23.2 Å². The Labute approximate surface area is 303 Å². The molecule has 2 aliphatic rings. The van der Waals surface area contributed by atoms with Gasteiger partial charge in [-0.15, -0.1) is 0 Å². The summed E-state index contributed by atoms with van der Waals surface area (Å²) in [5.74, 6) is -1.45. The van der Waals surface area contributed by atoms with Gasteiger partial charge in [-0.1, -0.05) is 72.4 Å². The molecule has 3 aromatic carbocycles. The lowest BCUT2D eigenvalue weighted by molar-refractivity contribution is -0.157. The molecule has 10 nitrogen and oxygen atoms in total. The molecule has 1 fully saturated rings. The van der Waals surface area contributed by atoms with Gasteiger partial charge in [0.1, 0.15) is 11.4 Å². The Bertz CT molecular complexity index is 1850. The van der Waals surface area contributed by atoms with Gasteiger partial charge < -0.3 is 19.7 Å². The van der Waals surface area contributed by atoms with Crippen LogP contribution in [0.1, 0.15) is 85.5 Å². The van der Waals surface area contributed by atoms with Crippen molar-refractivity contribution in [3.8, 4) is 5.75 Å². The van der Waals surface area contributed by atoms with Crippen LogP contribution in [0, 0.1) is 0 Å². The Balaban J connectivity index is 1.44. The van der Waals surface area contributed by atoms with Crippen molar-refractivity contribution in [2.24, 2.45) is 0 Å². The highest BCUT2D eigenvalue weighted by molar-refractivity contribution is 7.88. The summed E-state index contributed by atoms with van der Waals surface area (Å²) in [6.07, 6.45) is 4.24. The van der Waals surface area contributed by atoms with E-state index in [2.05, 4.69) is 10.0 Å². The quantitative estimate of drug-likeness (QED) is 0.223. The number of nitrogens with zero attached hydrogens (tertiary/aromatic N) is 1. The molecule has 1 aliphatic carbocycles. The van der Waals surface area contributed by atoms with Crippen LogP contribution in [0.5, 0.6) is 5.75 Å². The average molecular weight is 745 g/mol. The highest BCUT2D eigenvalue weighted by Gasteiger charge is 2.49. The van der Waals surface area contributed by atoms with Crippen molar-refractivity contribution in [2.45, 2.75) is 82.5 Å². The summed E-state index contributed by atoms with van der Waals surface area (Å²) >= 11 is 13.1. The number of esters is 1. The van der Waals surface area contributed by atoms with Gasteiger partial charge >= 0.3 is 5.97 Å². The Kier molecular flexibility index (Phi) is 11.8. The maximum Gasteiger partial charge on any atom is 0.344 e. The van der Waals surface area contributed by atoms with Crippen molar-refractivity contribution in [1.82, 2.24) is 14.9 Å². The average Bonchev–Trinajstić information content (AvgIpc) is 3.03. The topological polar surface area (TPSA) is 131 Å². The summed E-state index contributed by atoms with van der Waals surface area (Å²) in [5, 5.41) is 3.78. The largest absolute Gasteiger partial charge is 0.482 e. The Morgan fingerprint density at radius 1 is 0.960 bits per heavy atom. The SMILES string of the molecule is CC(C)(C)OC(=O)COc1cccc(CCNC(=O)[C@@H]2c3ccccc3C(=O)N([C@H]3CCCC[C@@H]3NS(C)(=O)=O)[C@H]2c2ccc(Cl)cc2Cl)c1. The van der Waals surface area contributed by atoms with Crippen LogP contribution in [0.4, 0.5) is 0 Å². The second kappa shape index (κ2) is 15.7. The van der Waals surface area contributed by atoms with Crippen LogP contribution < -0.4 is 14.8 Å². The first kappa shape index (κ1) is 37.6. The van der Waals surface area contributed by atoms with E-state index in [1.165, 1.54) is 0 Å². The molecule has 2 amide bonds. The van der Waals surface area contributed by atoms with E-state index in [-0.39, 0.29) is 25.0 Å². The smallest absolute Gasteiger partial charge is 0.344 e. The minimum atomic E-state index is -3.60. The molecule has 0 spiro atoms. The fraction of sp³-hybridized carbons (Fsp3) is 0.432. The number of carbonyl (C=O) groups excluding carboxylic acids is 3. The number of benzene rings is 3. The summed E-state index contributed by atoms with van der Waals surface area (Å²) in [5.41, 5.74) is 1.74. The summed E-state index contributed by atoms with van der Waals surface area (Å²) < 4.78 is 38.6. The number of hydrogen-bond donors (Lipinski definition) is 2. The van der Waals surface area contributed by atoms with Crippen molar-refractivity contribution in [3.63, 3.8) is 0 Å². The van der Waals surface area contributed by atoms with E-state index in [0.29, 0.717) is 51.7 Å². The molecule has 3 aromatic rings. The molecule has 0 saturated heterocycles. The molecular weight excluding hydrogens is 701 g/mol. The van der Waals surface area contributed by atoms with Crippen LogP contribution in [0.25, 0.3) is 0 Å². The standard InChI is InChI=1S/C37H43Cl2N3O7S/c1-37(2,3)49-32(43)22-48-25-11-9-10-23(20-25)18-19-40-35(44)33-26-12-5-6-13-27(26)36(45)42(34(33)28-17-16-24(38)21-29(28)39)31-15-8-7-14-30(31)41-50(4,46)47/h5-6,9-13,16-17,20-21,30-31,33-34,41H,7-8,14-15,18-19,22H2,1-4H3,(H,40,44)/t30-,31-,33+,34-/m0/s1. The normalized spacial score (nSPS) is 20.9. The monoisotopic (exact) mass is 743 g/mol. The van der Waals surface area contributed by atoms with Gasteiger partial charge in [0.2, 0.25) is 15.9 Å². The predicted octanol–water partition coefficient (Wildman–Crippen LogP) is 6.21. The highest BCUT2D eigenvalue weighted by atomic mass is 35.5. The van der Waals surface area contributed by atoms with E-state index >= 15 is 0 Å². The number of sulfonamides is 1. The van der Waals surface area contributed by atoms with Gasteiger partial charge in [-0.2, -0.15) is 0 Å². The summed E-state index contributed by atoms with van der Waals surface area (Å²) in [6, 6.07) is 17.4. The van der Waals surface area contributed by atoms with Crippen molar-refractivity contribution in [1.29, 1.82) is 0 Å². The van der Waals surface area contributed by atoms with Crippen LogP contribution in [-0.4, -0.2) is 68.2 Å². The van der Waals surface area contributed by atoms with E-state index in [0.717, 1.165) is 24.7 Å². The third-order valence-corrected chi connectivity index (χ3v) is 10.1. The van der Waals surface area contributed by atoms with Crippen LogP contribution in [-0.2, 0) is 30.8 Å². The molecule has 2 N–H and O–H groups in total. The van der Waals surface area contributed by atoms with E-state index in [1.54, 1.807) is 80.3 Å². The molecule has 0 bridgehead atoms. The molecule has 0 unspecified atom stereocenters. The second-order valence-electron chi connectivity index (χ2n) is 13.8. The van der Waals surface area contributed by atoms with E-state index in [1.807, 2.05) is 12.1 Å². The molecule has 1 saturated carbocycles. The maximum absolute atomic E-state index is 14.5. The van der Waals surface area contributed by atoms with Crippen molar-refractivity contribution in [3.05, 3.63) is 99.0 Å². The van der Waals surface area contributed by atoms with Crippen molar-refractivity contribution < 1.29 is 32.3 Å². The Hall–Kier alpha value is -3.64. The number of rotatable bonds is 11. The molecule has 1 heterocycles. The fourth-order valence-corrected chi connectivity index (χ4v) is 8.22. The Morgan fingerprint density at radius 3 is 2.42 bits per heavy atom. The van der Waals surface area contributed by atoms with Gasteiger partial charge in [0.05, 0.1) is 18.2 Å². The third kappa shape index (κ3) is 9.37. The van der Waals surface area contributed by atoms with Gasteiger partial charge in [0, 0.05) is 34.2 Å². The van der Waals surface area contributed by atoms with E-state index in [9.17, 15) is 22.8 Å². The maximum atomic E-state index is 14.5. The van der Waals surface area contributed by atoms with Gasteiger partial charge in [0.15, 0.2) is 6.61 Å². The zero-order valence-electron chi connectivity index (χ0n) is 28.6. The third-order valence-electron chi connectivity index (χ3n) is 8.78. The molecule has 268 valence electrons. The molecule has 4 atom stereocenters. The van der Waals surface area contributed by atoms with Gasteiger partial charge in [-0.05, 0) is 87.1 Å². The lowest BCUT2D eigenvalue weighted by Gasteiger charge is -2.49. The number of halogens is 2. The van der Waals surface area contributed by atoms with Crippen LogP contribution in [0.15, 0.2) is 66.7 Å². The molecule has 1 aliphatic heterocycles. The van der Waals surface area contributed by atoms with Gasteiger partial charge in [-0.3, -0.25) is 9.59 Å². The molecule has 50 heavy (non-hydrogen) atoms. The van der Waals surface area contributed by atoms with Crippen molar-refractivity contribution in [2.75, 3.05) is 19.4 Å². The van der Waals surface area contributed by atoms with E-state index in [4.69, 9.17) is 32.7 Å². The number of carbonyl (C=O) groups is 3. The van der Waals surface area contributed by atoms with Crippen molar-refractivity contribution >= 4 is 51.0 Å². The lowest BCUT2D eigenvalue weighted by Crippen LogP contribution is -2.59. The number of fused-ring (bicyclic) bond motifs is 1. The summed E-state index contributed by atoms with van der Waals surface area (Å²) in [6.45, 7) is 5.40. The van der Waals surface area contributed by atoms with Gasteiger partial charge in [0.25, 0.3) is 5.91 Å². The molecule has 0 radical (unpaired) electrons. The fourth-order valence-electron chi connectivity index (χ4n) is 6.87. The lowest BCUT2D eigenvalue weighted by atomic mass is 9.76. The highest BCUT2D eigenvalue weighted by Crippen LogP contribution is 2.47. The zero-order chi connectivity index (χ0) is 36.2. The van der Waals surface area contributed by atoms with E-state index < -0.39 is 45.6 Å². The number of hydrogen-bond acceptors (Lipinski definition) is 7. The molecule has 0 aromatic heterocycles. The minimum absolute atomic E-state index is 0.232. The summed E-state index contributed by atoms with van der Waals surface area (Å²) in [4.78, 5) is 42.7. The van der Waals surface area contributed by atoms with Gasteiger partial charge in [-0.25, -0.2) is 17.9 Å². The minimum Gasteiger partial charge on any atom is -0.482 e. The van der Waals surface area contributed by atoms with Crippen LogP contribution in [0.3, 0.4) is 0 Å². The molecular formula is C37H43Cl2N3O7S. The van der Waals surface area contributed by atoms with Crippen LogP contribution in [0.2, 0.25) is 10.0 Å². The predicted molar refractivity (Wildman–Crippen MR) is 193 cm³/mol. The first-order chi connectivity index (χ1) is 23.6. The Morgan fingerprint density at radius 2 is 1.70 bits per heavy atom. The molecule has 13 heteroatoms.